The third kappa shape index (κ3) is 3.41. The first-order valence-electron chi connectivity index (χ1n) is 6.66. The number of nitrogens with two attached hydrogens (primary N) is 1. The van der Waals surface area contributed by atoms with Crippen LogP contribution in [0.2, 0.25) is 0 Å². The van der Waals surface area contributed by atoms with E-state index in [0.717, 1.165) is 22.6 Å². The van der Waals surface area contributed by atoms with E-state index >= 15 is 0 Å². The van der Waals surface area contributed by atoms with Gasteiger partial charge in [-0.1, -0.05) is 12.1 Å². The number of nitrogen functional groups attached to an aromatic ring is 1. The fourth-order valence-corrected chi connectivity index (χ4v) is 2.27. The van der Waals surface area contributed by atoms with Crippen LogP contribution in [0, 0.1) is 13.8 Å². The molecule has 0 saturated carbocycles. The highest BCUT2D eigenvalue weighted by molar-refractivity contribution is 5.79. The highest BCUT2D eigenvalue weighted by Crippen LogP contribution is 2.21. The van der Waals surface area contributed by atoms with E-state index < -0.39 is 0 Å². The zero-order valence-corrected chi connectivity index (χ0v) is 12.1. The maximum Gasteiger partial charge on any atom is 0.224 e. The summed E-state index contributed by atoms with van der Waals surface area (Å²) in [6, 6.07) is 9.24. The molecule has 1 atom stereocenters. The van der Waals surface area contributed by atoms with Gasteiger partial charge in [-0.2, -0.15) is 0 Å². The lowest BCUT2D eigenvalue weighted by molar-refractivity contribution is -0.121. The second-order valence-electron chi connectivity index (χ2n) is 5.08. The molecular weight excluding hydrogens is 252 g/mol. The van der Waals surface area contributed by atoms with Gasteiger partial charge in [0.1, 0.15) is 11.5 Å². The lowest BCUT2D eigenvalue weighted by atomic mass is 10.1. The molecule has 106 valence electrons. The maximum absolute atomic E-state index is 12.0. The number of carbonyl (C=O) groups is 1. The molecule has 0 radical (unpaired) electrons. The SMILES string of the molecule is Cc1cc(C(C)NC(=O)Cc2ccc(N)cc2)c(C)o1. The normalized spacial score (nSPS) is 12.2. The number of rotatable bonds is 4. The standard InChI is InChI=1S/C16H20N2O2/c1-10-8-15(12(3)20-10)11(2)18-16(19)9-13-4-6-14(17)7-5-13/h4-8,11H,9,17H2,1-3H3,(H,18,19). The minimum Gasteiger partial charge on any atom is -0.466 e. The number of nitrogens with one attached hydrogen (secondary N) is 1. The molecule has 0 aliphatic heterocycles. The van der Waals surface area contributed by atoms with Crippen molar-refractivity contribution in [2.45, 2.75) is 33.2 Å². The summed E-state index contributed by atoms with van der Waals surface area (Å²) in [4.78, 5) is 12.0. The lowest BCUT2D eigenvalue weighted by Gasteiger charge is -2.13. The smallest absolute Gasteiger partial charge is 0.224 e. The highest BCUT2D eigenvalue weighted by atomic mass is 16.3. The largest absolute Gasteiger partial charge is 0.466 e. The maximum atomic E-state index is 12.0. The second kappa shape index (κ2) is 5.82. The number of amides is 1. The molecule has 1 aromatic heterocycles. The molecule has 0 aliphatic carbocycles. The summed E-state index contributed by atoms with van der Waals surface area (Å²) in [7, 11) is 0. The summed E-state index contributed by atoms with van der Waals surface area (Å²) in [6.07, 6.45) is 0.348. The number of hydrogen-bond donors (Lipinski definition) is 2. The van der Waals surface area contributed by atoms with Gasteiger partial charge in [0, 0.05) is 11.3 Å². The van der Waals surface area contributed by atoms with E-state index in [1.165, 1.54) is 0 Å². The summed E-state index contributed by atoms with van der Waals surface area (Å²) < 4.78 is 5.48. The fraction of sp³-hybridized carbons (Fsp3) is 0.312. The Morgan fingerprint density at radius 2 is 1.95 bits per heavy atom. The Bertz CT molecular complexity index is 599. The molecule has 1 amide bonds. The summed E-state index contributed by atoms with van der Waals surface area (Å²) in [6.45, 7) is 5.77. The fourth-order valence-electron chi connectivity index (χ4n) is 2.27. The van der Waals surface area contributed by atoms with Gasteiger partial charge in [-0.15, -0.1) is 0 Å². The monoisotopic (exact) mass is 272 g/mol. The van der Waals surface area contributed by atoms with Crippen LogP contribution in [0.5, 0.6) is 0 Å². The average molecular weight is 272 g/mol. The van der Waals surface area contributed by atoms with Crippen molar-refractivity contribution in [2.75, 3.05) is 5.73 Å². The molecule has 20 heavy (non-hydrogen) atoms. The number of furan rings is 1. The van der Waals surface area contributed by atoms with Crippen molar-refractivity contribution >= 4 is 11.6 Å². The van der Waals surface area contributed by atoms with Crippen LogP contribution in [0.25, 0.3) is 0 Å². The van der Waals surface area contributed by atoms with Crippen molar-refractivity contribution in [1.29, 1.82) is 0 Å². The van der Waals surface area contributed by atoms with Crippen molar-refractivity contribution in [2.24, 2.45) is 0 Å². The van der Waals surface area contributed by atoms with Crippen molar-refractivity contribution in [3.63, 3.8) is 0 Å². The average Bonchev–Trinajstić information content (AvgIpc) is 2.71. The third-order valence-electron chi connectivity index (χ3n) is 3.27. The Morgan fingerprint density at radius 3 is 2.50 bits per heavy atom. The van der Waals surface area contributed by atoms with E-state index in [2.05, 4.69) is 5.32 Å². The zero-order chi connectivity index (χ0) is 14.7. The van der Waals surface area contributed by atoms with E-state index in [9.17, 15) is 4.79 Å². The molecule has 2 rings (SSSR count). The quantitative estimate of drug-likeness (QED) is 0.841. The summed E-state index contributed by atoms with van der Waals surface area (Å²) in [5.74, 6) is 1.69. The van der Waals surface area contributed by atoms with Crippen LogP contribution < -0.4 is 11.1 Å². The van der Waals surface area contributed by atoms with Gasteiger partial charge in [0.15, 0.2) is 0 Å². The number of benzene rings is 1. The van der Waals surface area contributed by atoms with Gasteiger partial charge in [-0.05, 0) is 44.5 Å². The van der Waals surface area contributed by atoms with Crippen molar-refractivity contribution < 1.29 is 9.21 Å². The zero-order valence-electron chi connectivity index (χ0n) is 12.1. The molecule has 3 N–H and O–H groups in total. The summed E-state index contributed by atoms with van der Waals surface area (Å²) in [5, 5.41) is 2.98. The van der Waals surface area contributed by atoms with Gasteiger partial charge in [0.25, 0.3) is 0 Å². The predicted octanol–water partition coefficient (Wildman–Crippen LogP) is 2.90. The molecule has 1 heterocycles. The van der Waals surface area contributed by atoms with Crippen molar-refractivity contribution in [3.05, 3.63) is 53.0 Å². The molecule has 0 saturated heterocycles. The van der Waals surface area contributed by atoms with Crippen LogP contribution in [0.3, 0.4) is 0 Å². The number of anilines is 1. The number of aryl methyl sites for hydroxylation is 2. The first kappa shape index (κ1) is 14.2. The highest BCUT2D eigenvalue weighted by Gasteiger charge is 2.15. The molecule has 1 aromatic carbocycles. The molecule has 4 heteroatoms. The first-order chi connectivity index (χ1) is 9.45. The molecule has 1 unspecified atom stereocenters. The van der Waals surface area contributed by atoms with Crippen molar-refractivity contribution in [1.82, 2.24) is 5.32 Å². The molecule has 0 aliphatic rings. The van der Waals surface area contributed by atoms with E-state index in [1.54, 1.807) is 12.1 Å². The van der Waals surface area contributed by atoms with Crippen LogP contribution in [0.4, 0.5) is 5.69 Å². The van der Waals surface area contributed by atoms with Gasteiger partial charge in [0.2, 0.25) is 5.91 Å². The first-order valence-corrected chi connectivity index (χ1v) is 6.66. The molecule has 0 fully saturated rings. The minimum absolute atomic E-state index is 0.0134. The molecule has 4 nitrogen and oxygen atoms in total. The number of carbonyl (C=O) groups excluding carboxylic acids is 1. The minimum atomic E-state index is -0.0614. The van der Waals surface area contributed by atoms with Crippen LogP contribution in [-0.4, -0.2) is 5.91 Å². The van der Waals surface area contributed by atoms with E-state index in [-0.39, 0.29) is 11.9 Å². The Hall–Kier alpha value is -2.23. The van der Waals surface area contributed by atoms with E-state index in [1.807, 2.05) is 39.0 Å². The van der Waals surface area contributed by atoms with Crippen LogP contribution in [0.1, 0.15) is 35.6 Å². The summed E-state index contributed by atoms with van der Waals surface area (Å²) in [5.41, 5.74) is 8.29. The second-order valence-corrected chi connectivity index (χ2v) is 5.08. The Balaban J connectivity index is 1.97. The number of hydrogen-bond acceptors (Lipinski definition) is 3. The van der Waals surface area contributed by atoms with Gasteiger partial charge < -0.3 is 15.5 Å². The van der Waals surface area contributed by atoms with Crippen molar-refractivity contribution in [3.8, 4) is 0 Å². The summed E-state index contributed by atoms with van der Waals surface area (Å²) >= 11 is 0. The van der Waals surface area contributed by atoms with Gasteiger partial charge in [-0.25, -0.2) is 0 Å². The Kier molecular flexibility index (Phi) is 4.13. The third-order valence-corrected chi connectivity index (χ3v) is 3.27. The van der Waals surface area contributed by atoms with E-state index in [0.29, 0.717) is 12.1 Å². The molecule has 2 aromatic rings. The van der Waals surface area contributed by atoms with Crippen LogP contribution >= 0.6 is 0 Å². The Labute approximate surface area is 119 Å². The predicted molar refractivity (Wildman–Crippen MR) is 79.3 cm³/mol. The Morgan fingerprint density at radius 1 is 1.30 bits per heavy atom. The van der Waals surface area contributed by atoms with Crippen LogP contribution in [-0.2, 0) is 11.2 Å². The topological polar surface area (TPSA) is 68.3 Å². The molecule has 0 bridgehead atoms. The van der Waals surface area contributed by atoms with Crippen LogP contribution in [0.15, 0.2) is 34.7 Å². The van der Waals surface area contributed by atoms with Gasteiger partial charge >= 0.3 is 0 Å². The van der Waals surface area contributed by atoms with E-state index in [4.69, 9.17) is 10.2 Å². The lowest BCUT2D eigenvalue weighted by Crippen LogP contribution is -2.28. The van der Waals surface area contributed by atoms with Gasteiger partial charge in [-0.3, -0.25) is 4.79 Å². The molecule has 0 spiro atoms. The van der Waals surface area contributed by atoms with Gasteiger partial charge in [0.05, 0.1) is 12.5 Å². The molecular formula is C16H20N2O2.